The quantitative estimate of drug-likeness (QED) is 0.831. The molecule has 5 heteroatoms. The van der Waals surface area contributed by atoms with E-state index >= 15 is 0 Å². The van der Waals surface area contributed by atoms with Crippen molar-refractivity contribution in [2.75, 3.05) is 19.6 Å². The molecule has 5 nitrogen and oxygen atoms in total. The molecular formula is C13H22N4O. The Kier molecular flexibility index (Phi) is 4.61. The zero-order valence-electron chi connectivity index (χ0n) is 11.0. The number of nitrogens with one attached hydrogen (secondary N) is 1. The number of piperidine rings is 1. The van der Waals surface area contributed by atoms with Crippen LogP contribution in [0, 0.1) is 0 Å². The van der Waals surface area contributed by atoms with E-state index in [2.05, 4.69) is 21.8 Å². The van der Waals surface area contributed by atoms with Gasteiger partial charge in [-0.15, -0.1) is 0 Å². The number of urea groups is 1. The topological polar surface area (TPSA) is 50.2 Å². The van der Waals surface area contributed by atoms with Crippen LogP contribution in [0.2, 0.25) is 0 Å². The van der Waals surface area contributed by atoms with Gasteiger partial charge in [-0.2, -0.15) is 0 Å². The zero-order chi connectivity index (χ0) is 12.8. The van der Waals surface area contributed by atoms with E-state index < -0.39 is 0 Å². The van der Waals surface area contributed by atoms with Crippen molar-refractivity contribution in [2.45, 2.75) is 38.6 Å². The summed E-state index contributed by atoms with van der Waals surface area (Å²) in [4.78, 5) is 17.9. The van der Waals surface area contributed by atoms with Gasteiger partial charge in [0.25, 0.3) is 0 Å². The van der Waals surface area contributed by atoms with Crippen molar-refractivity contribution in [1.82, 2.24) is 19.8 Å². The molecule has 0 unspecified atom stereocenters. The molecule has 0 spiro atoms. The lowest BCUT2D eigenvalue weighted by atomic mass is 10.1. The fourth-order valence-electron chi connectivity index (χ4n) is 2.34. The monoisotopic (exact) mass is 250 g/mol. The maximum atomic E-state index is 11.9. The van der Waals surface area contributed by atoms with Gasteiger partial charge in [-0.1, -0.05) is 13.3 Å². The van der Waals surface area contributed by atoms with Gasteiger partial charge in [0.1, 0.15) is 0 Å². The molecule has 1 aromatic heterocycles. The molecule has 0 atom stereocenters. The molecule has 1 saturated heterocycles. The summed E-state index contributed by atoms with van der Waals surface area (Å²) < 4.78 is 2.15. The van der Waals surface area contributed by atoms with Crippen LogP contribution in [0.5, 0.6) is 0 Å². The number of imidazole rings is 1. The maximum absolute atomic E-state index is 11.9. The van der Waals surface area contributed by atoms with Gasteiger partial charge >= 0.3 is 6.03 Å². The highest BCUT2D eigenvalue weighted by molar-refractivity contribution is 5.74. The summed E-state index contributed by atoms with van der Waals surface area (Å²) in [6.07, 6.45) is 9.86. The molecule has 2 heterocycles. The predicted molar refractivity (Wildman–Crippen MR) is 70.4 cm³/mol. The Bertz CT molecular complexity index is 355. The Morgan fingerprint density at radius 3 is 2.83 bits per heavy atom. The molecule has 2 amide bonds. The molecule has 0 radical (unpaired) electrons. The van der Waals surface area contributed by atoms with Crippen molar-refractivity contribution < 1.29 is 4.79 Å². The molecule has 1 aliphatic heterocycles. The summed E-state index contributed by atoms with van der Waals surface area (Å²) in [6.45, 7) is 4.58. The summed E-state index contributed by atoms with van der Waals surface area (Å²) in [5.74, 6) is 0. The van der Waals surface area contributed by atoms with Crippen LogP contribution in [-0.2, 0) is 0 Å². The van der Waals surface area contributed by atoms with E-state index in [9.17, 15) is 4.79 Å². The molecule has 18 heavy (non-hydrogen) atoms. The number of likely N-dealkylation sites (tertiary alicyclic amines) is 1. The van der Waals surface area contributed by atoms with E-state index in [1.165, 1.54) is 0 Å². The van der Waals surface area contributed by atoms with Crippen LogP contribution in [-0.4, -0.2) is 40.1 Å². The van der Waals surface area contributed by atoms with Crippen LogP contribution in [0.25, 0.3) is 0 Å². The normalized spacial score (nSPS) is 16.8. The Labute approximate surface area is 108 Å². The van der Waals surface area contributed by atoms with Gasteiger partial charge < -0.3 is 14.8 Å². The van der Waals surface area contributed by atoms with E-state index in [4.69, 9.17) is 0 Å². The van der Waals surface area contributed by atoms with Gasteiger partial charge in [0.15, 0.2) is 0 Å². The summed E-state index contributed by atoms with van der Waals surface area (Å²) in [7, 11) is 0. The number of aromatic nitrogens is 2. The van der Waals surface area contributed by atoms with E-state index in [-0.39, 0.29) is 6.03 Å². The molecule has 0 aliphatic carbocycles. The Morgan fingerprint density at radius 2 is 2.22 bits per heavy atom. The second kappa shape index (κ2) is 6.42. The van der Waals surface area contributed by atoms with E-state index in [0.717, 1.165) is 45.3 Å². The highest BCUT2D eigenvalue weighted by atomic mass is 16.2. The first kappa shape index (κ1) is 12.9. The fraction of sp³-hybridized carbons (Fsp3) is 0.692. The molecule has 0 aromatic carbocycles. The third-order valence-electron chi connectivity index (χ3n) is 3.50. The first-order chi connectivity index (χ1) is 8.81. The minimum atomic E-state index is 0.0903. The highest BCUT2D eigenvalue weighted by Gasteiger charge is 2.22. The van der Waals surface area contributed by atoms with Gasteiger partial charge in [-0.25, -0.2) is 9.78 Å². The number of carbonyl (C=O) groups excluding carboxylic acids is 1. The standard InChI is InChI=1S/C13H22N4O/c1-2-3-6-15-13(18)16-8-4-12(5-9-16)17-10-7-14-11-17/h7,10-12H,2-6,8-9H2,1H3,(H,15,18). The average Bonchev–Trinajstić information content (AvgIpc) is 2.93. The first-order valence-corrected chi connectivity index (χ1v) is 6.81. The zero-order valence-corrected chi connectivity index (χ0v) is 11.0. The number of hydrogen-bond acceptors (Lipinski definition) is 2. The third-order valence-corrected chi connectivity index (χ3v) is 3.50. The van der Waals surface area contributed by atoms with Gasteiger partial charge in [0.2, 0.25) is 0 Å². The summed E-state index contributed by atoms with van der Waals surface area (Å²) in [5, 5.41) is 2.97. The third kappa shape index (κ3) is 3.24. The Hall–Kier alpha value is -1.52. The van der Waals surface area contributed by atoms with Gasteiger partial charge in [0.05, 0.1) is 6.33 Å². The van der Waals surface area contributed by atoms with Crippen LogP contribution in [0.15, 0.2) is 18.7 Å². The minimum Gasteiger partial charge on any atom is -0.338 e. The van der Waals surface area contributed by atoms with Crippen molar-refractivity contribution >= 4 is 6.03 Å². The number of carbonyl (C=O) groups is 1. The van der Waals surface area contributed by atoms with Crippen LogP contribution in [0.3, 0.4) is 0 Å². The van der Waals surface area contributed by atoms with E-state index in [0.29, 0.717) is 6.04 Å². The second-order valence-electron chi connectivity index (χ2n) is 4.81. The highest BCUT2D eigenvalue weighted by Crippen LogP contribution is 2.21. The summed E-state index contributed by atoms with van der Waals surface area (Å²) in [6, 6.07) is 0.583. The largest absolute Gasteiger partial charge is 0.338 e. The number of rotatable bonds is 4. The van der Waals surface area contributed by atoms with Crippen molar-refractivity contribution in [2.24, 2.45) is 0 Å². The maximum Gasteiger partial charge on any atom is 0.317 e. The van der Waals surface area contributed by atoms with E-state index in [1.54, 1.807) is 0 Å². The summed E-state index contributed by atoms with van der Waals surface area (Å²) in [5.41, 5.74) is 0. The van der Waals surface area contributed by atoms with Crippen molar-refractivity contribution in [3.05, 3.63) is 18.7 Å². The van der Waals surface area contributed by atoms with Crippen LogP contribution >= 0.6 is 0 Å². The number of hydrogen-bond donors (Lipinski definition) is 1. The smallest absolute Gasteiger partial charge is 0.317 e. The van der Waals surface area contributed by atoms with Crippen molar-refractivity contribution in [3.63, 3.8) is 0 Å². The predicted octanol–water partition coefficient (Wildman–Crippen LogP) is 2.03. The Balaban J connectivity index is 1.74. The number of amides is 2. The lowest BCUT2D eigenvalue weighted by Crippen LogP contribution is -2.44. The molecule has 1 aromatic rings. The van der Waals surface area contributed by atoms with Crippen LogP contribution < -0.4 is 5.32 Å². The van der Waals surface area contributed by atoms with Gasteiger partial charge in [-0.05, 0) is 19.3 Å². The molecule has 1 N–H and O–H groups in total. The number of unbranched alkanes of at least 4 members (excludes halogenated alkanes) is 1. The van der Waals surface area contributed by atoms with Crippen LogP contribution in [0.4, 0.5) is 4.79 Å². The van der Waals surface area contributed by atoms with Crippen molar-refractivity contribution in [3.8, 4) is 0 Å². The van der Waals surface area contributed by atoms with Gasteiger partial charge in [0, 0.05) is 38.1 Å². The lowest BCUT2D eigenvalue weighted by Gasteiger charge is -2.32. The molecule has 0 bridgehead atoms. The second-order valence-corrected chi connectivity index (χ2v) is 4.81. The minimum absolute atomic E-state index is 0.0903. The molecule has 2 rings (SSSR count). The lowest BCUT2D eigenvalue weighted by molar-refractivity contribution is 0.171. The SMILES string of the molecule is CCCCNC(=O)N1CCC(n2ccnc2)CC1. The van der Waals surface area contributed by atoms with E-state index in [1.807, 2.05) is 23.6 Å². The molecular weight excluding hydrogens is 228 g/mol. The molecule has 1 fully saturated rings. The molecule has 100 valence electrons. The Morgan fingerprint density at radius 1 is 1.44 bits per heavy atom. The molecule has 0 saturated carbocycles. The molecule has 1 aliphatic rings. The number of nitrogens with zero attached hydrogens (tertiary/aromatic N) is 3. The van der Waals surface area contributed by atoms with Crippen molar-refractivity contribution in [1.29, 1.82) is 0 Å². The first-order valence-electron chi connectivity index (χ1n) is 6.81. The van der Waals surface area contributed by atoms with Crippen LogP contribution in [0.1, 0.15) is 38.6 Å². The summed E-state index contributed by atoms with van der Waals surface area (Å²) >= 11 is 0. The fourth-order valence-corrected chi connectivity index (χ4v) is 2.34. The average molecular weight is 250 g/mol. The van der Waals surface area contributed by atoms with Gasteiger partial charge in [-0.3, -0.25) is 0 Å².